The number of amides is 1. The molecule has 0 bridgehead atoms. The van der Waals surface area contributed by atoms with E-state index in [0.717, 1.165) is 15.6 Å². The zero-order valence-electron chi connectivity index (χ0n) is 21.7. The summed E-state index contributed by atoms with van der Waals surface area (Å²) in [5, 5.41) is 6.52. The SMILES string of the molecule is C=CCn1c(=C2C(=O)N(c3ccccc3)N=C2CC(=O)OCC)s/c(=C2\Sc3ccc(OC)cc3N2C)c1=O. The minimum atomic E-state index is -0.504. The van der Waals surface area contributed by atoms with Gasteiger partial charge in [0.15, 0.2) is 0 Å². The maximum absolute atomic E-state index is 13.8. The molecule has 2 aliphatic heterocycles. The number of anilines is 2. The van der Waals surface area contributed by atoms with Crippen molar-refractivity contribution in [1.82, 2.24) is 4.57 Å². The number of nitrogens with zero attached hydrogens (tertiary/aromatic N) is 4. The van der Waals surface area contributed by atoms with Crippen LogP contribution in [-0.2, 0) is 20.9 Å². The smallest absolute Gasteiger partial charge is 0.311 e. The van der Waals surface area contributed by atoms with Crippen LogP contribution in [0.25, 0.3) is 10.6 Å². The van der Waals surface area contributed by atoms with E-state index >= 15 is 0 Å². The maximum Gasteiger partial charge on any atom is 0.311 e. The van der Waals surface area contributed by atoms with E-state index in [4.69, 9.17) is 9.47 Å². The number of thioether (sulfide) groups is 1. The first kappa shape index (κ1) is 26.5. The number of ether oxygens (including phenoxy) is 2. The number of carbonyl (C=O) groups is 2. The molecule has 5 rings (SSSR count). The van der Waals surface area contributed by atoms with Gasteiger partial charge in [-0.3, -0.25) is 19.0 Å². The van der Waals surface area contributed by atoms with E-state index in [0.29, 0.717) is 20.6 Å². The number of hydrogen-bond acceptors (Lipinski definition) is 9. The first-order valence-electron chi connectivity index (χ1n) is 12.2. The average molecular weight is 563 g/mol. The molecule has 3 heterocycles. The highest BCUT2D eigenvalue weighted by Crippen LogP contribution is 2.46. The number of rotatable bonds is 7. The Bertz CT molecular complexity index is 1690. The van der Waals surface area contributed by atoms with Crippen LogP contribution in [0.4, 0.5) is 11.4 Å². The quantitative estimate of drug-likeness (QED) is 0.323. The zero-order valence-corrected chi connectivity index (χ0v) is 23.3. The molecule has 0 aliphatic carbocycles. The van der Waals surface area contributed by atoms with E-state index < -0.39 is 11.9 Å². The van der Waals surface area contributed by atoms with Crippen LogP contribution in [0.15, 0.2) is 76.0 Å². The van der Waals surface area contributed by atoms with Crippen LogP contribution in [0, 0.1) is 0 Å². The number of thiazole rings is 1. The summed E-state index contributed by atoms with van der Waals surface area (Å²) >= 11 is 2.68. The number of allylic oxidation sites excluding steroid dienone is 1. The normalized spacial score (nSPS) is 17.3. The molecule has 9 nitrogen and oxygen atoms in total. The first-order valence-corrected chi connectivity index (χ1v) is 13.8. The van der Waals surface area contributed by atoms with E-state index in [1.165, 1.54) is 32.7 Å². The Hall–Kier alpha value is -4.09. The van der Waals surface area contributed by atoms with Crippen molar-refractivity contribution in [3.05, 3.63) is 80.7 Å². The molecule has 0 fully saturated rings. The highest BCUT2D eigenvalue weighted by Gasteiger charge is 2.35. The topological polar surface area (TPSA) is 93.4 Å². The standard InChI is InChI=1S/C28H26N4O5S2/c1-5-14-31-26(35)24(28-30(3)20-15-18(36-4)12-13-21(20)38-28)39-27(31)23-19(16-22(33)37-6-2)29-32(25(23)34)17-10-8-7-9-11-17/h5,7-13,15H,1,6,14,16H2,2-4H3/b27-23?,28-24-. The Kier molecular flexibility index (Phi) is 7.45. The van der Waals surface area contributed by atoms with Crippen molar-refractivity contribution in [1.29, 1.82) is 0 Å². The van der Waals surface area contributed by atoms with Crippen molar-refractivity contribution in [3.63, 3.8) is 0 Å². The van der Waals surface area contributed by atoms with E-state index in [9.17, 15) is 14.4 Å². The lowest BCUT2D eigenvalue weighted by Gasteiger charge is -2.13. The third-order valence-electron chi connectivity index (χ3n) is 6.18. The largest absolute Gasteiger partial charge is 0.497 e. The average Bonchev–Trinajstić information content (AvgIpc) is 3.55. The number of carbonyl (C=O) groups excluding carboxylic acids is 2. The minimum Gasteiger partial charge on any atom is -0.497 e. The molecule has 0 unspecified atom stereocenters. The summed E-state index contributed by atoms with van der Waals surface area (Å²) in [7, 11) is 3.50. The molecule has 2 aromatic carbocycles. The lowest BCUT2D eigenvalue weighted by atomic mass is 10.1. The van der Waals surface area contributed by atoms with Crippen LogP contribution in [0.2, 0.25) is 0 Å². The van der Waals surface area contributed by atoms with Gasteiger partial charge in [-0.05, 0) is 31.2 Å². The number of esters is 1. The lowest BCUT2D eigenvalue weighted by Crippen LogP contribution is -2.35. The van der Waals surface area contributed by atoms with Crippen molar-refractivity contribution in [2.24, 2.45) is 5.10 Å². The molecule has 0 atom stereocenters. The van der Waals surface area contributed by atoms with Gasteiger partial charge in [0.05, 0.1) is 42.8 Å². The second kappa shape index (κ2) is 11.0. The number of fused-ring (bicyclic) bond motifs is 1. The fraction of sp³-hybridized carbons (Fsp3) is 0.214. The third-order valence-corrected chi connectivity index (χ3v) is 8.73. The van der Waals surface area contributed by atoms with Gasteiger partial charge in [0.25, 0.3) is 11.5 Å². The third kappa shape index (κ3) is 4.79. The van der Waals surface area contributed by atoms with E-state index in [2.05, 4.69) is 11.7 Å². The second-order valence-electron chi connectivity index (χ2n) is 8.60. The number of aromatic nitrogens is 1. The number of para-hydroxylation sites is 1. The molecule has 3 aromatic rings. The van der Waals surface area contributed by atoms with E-state index in [1.54, 1.807) is 44.4 Å². The van der Waals surface area contributed by atoms with Crippen LogP contribution in [0.5, 0.6) is 5.75 Å². The van der Waals surface area contributed by atoms with Gasteiger partial charge in [0, 0.05) is 24.6 Å². The van der Waals surface area contributed by atoms with Gasteiger partial charge in [0.2, 0.25) is 0 Å². The Morgan fingerprint density at radius 3 is 2.62 bits per heavy atom. The highest BCUT2D eigenvalue weighted by atomic mass is 32.2. The predicted octanol–water partition coefficient (Wildman–Crippen LogP) is 2.92. The molecule has 0 spiro atoms. The molecule has 0 saturated heterocycles. The van der Waals surface area contributed by atoms with Crippen LogP contribution < -0.4 is 29.4 Å². The molecule has 11 heteroatoms. The number of methoxy groups -OCH3 is 1. The van der Waals surface area contributed by atoms with Gasteiger partial charge in [-0.1, -0.05) is 36.0 Å². The maximum atomic E-state index is 13.8. The van der Waals surface area contributed by atoms with Gasteiger partial charge < -0.3 is 14.4 Å². The molecule has 0 saturated carbocycles. The Labute approximate surface area is 232 Å². The van der Waals surface area contributed by atoms with Gasteiger partial charge in [0.1, 0.15) is 20.0 Å². The van der Waals surface area contributed by atoms with Crippen molar-refractivity contribution >= 4 is 62.7 Å². The van der Waals surface area contributed by atoms with Crippen LogP contribution in [-0.4, -0.2) is 42.9 Å². The monoisotopic (exact) mass is 562 g/mol. The molecule has 200 valence electrons. The van der Waals surface area contributed by atoms with Gasteiger partial charge in [-0.25, -0.2) is 0 Å². The van der Waals surface area contributed by atoms with Crippen molar-refractivity contribution in [2.45, 2.75) is 24.8 Å². The van der Waals surface area contributed by atoms with Gasteiger partial charge in [-0.15, -0.1) is 17.9 Å². The van der Waals surface area contributed by atoms with Crippen LogP contribution in [0.1, 0.15) is 13.3 Å². The lowest BCUT2D eigenvalue weighted by molar-refractivity contribution is -0.141. The van der Waals surface area contributed by atoms with Crippen molar-refractivity contribution in [3.8, 4) is 5.75 Å². The molecule has 39 heavy (non-hydrogen) atoms. The van der Waals surface area contributed by atoms with Crippen LogP contribution >= 0.6 is 23.1 Å². The van der Waals surface area contributed by atoms with Crippen molar-refractivity contribution in [2.75, 3.05) is 30.7 Å². The van der Waals surface area contributed by atoms with Gasteiger partial charge >= 0.3 is 5.97 Å². The summed E-state index contributed by atoms with van der Waals surface area (Å²) < 4.78 is 12.9. The zero-order chi connectivity index (χ0) is 27.7. The number of hydrogen-bond donors (Lipinski definition) is 0. The molecule has 0 radical (unpaired) electrons. The summed E-state index contributed by atoms with van der Waals surface area (Å²) in [6.07, 6.45) is 1.40. The molecular weight excluding hydrogens is 536 g/mol. The minimum absolute atomic E-state index is 0.182. The molecule has 1 amide bonds. The van der Waals surface area contributed by atoms with E-state index in [1.807, 2.05) is 36.2 Å². The fourth-order valence-electron chi connectivity index (χ4n) is 4.36. The fourth-order valence-corrected chi connectivity index (χ4v) is 6.86. The van der Waals surface area contributed by atoms with E-state index in [-0.39, 0.29) is 36.4 Å². The Morgan fingerprint density at radius 1 is 1.15 bits per heavy atom. The number of benzene rings is 2. The van der Waals surface area contributed by atoms with Crippen molar-refractivity contribution < 1.29 is 19.1 Å². The molecule has 1 aromatic heterocycles. The van der Waals surface area contributed by atoms with Crippen LogP contribution in [0.3, 0.4) is 0 Å². The summed E-state index contributed by atoms with van der Waals surface area (Å²) in [6.45, 7) is 5.91. The predicted molar refractivity (Wildman–Crippen MR) is 155 cm³/mol. The summed E-state index contributed by atoms with van der Waals surface area (Å²) in [5.74, 6) is -0.210. The summed E-state index contributed by atoms with van der Waals surface area (Å²) in [4.78, 5) is 43.0. The Morgan fingerprint density at radius 2 is 1.92 bits per heavy atom. The second-order valence-corrected chi connectivity index (χ2v) is 10.6. The summed E-state index contributed by atoms with van der Waals surface area (Å²) in [6, 6.07) is 14.7. The summed E-state index contributed by atoms with van der Waals surface area (Å²) in [5.41, 5.74) is 1.67. The highest BCUT2D eigenvalue weighted by molar-refractivity contribution is 8.08. The molecule has 0 N–H and O–H groups in total. The van der Waals surface area contributed by atoms with Gasteiger partial charge in [-0.2, -0.15) is 10.1 Å². The number of hydrazone groups is 1. The Balaban J connectivity index is 1.74. The molecular formula is C28H26N4O5S2. The first-order chi connectivity index (χ1) is 18.9. The molecule has 2 aliphatic rings.